The molecule has 0 aromatic carbocycles. The molecular formula is C30H58N4O11. The quantitative estimate of drug-likeness (QED) is 0.0868. The monoisotopic (exact) mass is 650 g/mol. The van der Waals surface area contributed by atoms with Crippen LogP contribution in [0.25, 0.3) is 0 Å². The number of ether oxygens (including phenoxy) is 2. The van der Waals surface area contributed by atoms with Gasteiger partial charge in [0, 0.05) is 0 Å². The topological polar surface area (TPSA) is 198 Å². The molecule has 15 nitrogen and oxygen atoms in total. The van der Waals surface area contributed by atoms with Crippen LogP contribution in [0.4, 0.5) is 0 Å². The van der Waals surface area contributed by atoms with E-state index in [2.05, 4.69) is 75.0 Å². The lowest BCUT2D eigenvalue weighted by Gasteiger charge is -2.37. The molecule has 15 heteroatoms. The zero-order valence-corrected chi connectivity index (χ0v) is 28.5. The van der Waals surface area contributed by atoms with Gasteiger partial charge in [-0.1, -0.05) is 55.4 Å². The highest BCUT2D eigenvalue weighted by Crippen LogP contribution is 2.16. The Morgan fingerprint density at radius 3 is 0.956 bits per heavy atom. The first-order valence-corrected chi connectivity index (χ1v) is 15.8. The van der Waals surface area contributed by atoms with Crippen molar-refractivity contribution in [1.29, 1.82) is 0 Å². The van der Waals surface area contributed by atoms with E-state index in [0.29, 0.717) is 13.2 Å². The van der Waals surface area contributed by atoms with Crippen LogP contribution in [0.15, 0.2) is 0 Å². The number of likely N-dealkylation sites (N-methyl/N-ethyl adjacent to an activating group) is 4. The summed E-state index contributed by atoms with van der Waals surface area (Å²) in [6, 6.07) is 0. The lowest BCUT2D eigenvalue weighted by Crippen LogP contribution is -2.51. The fraction of sp³-hybridized carbons (Fsp3) is 0.833. The van der Waals surface area contributed by atoms with Gasteiger partial charge < -0.3 is 29.9 Å². The standard InChI is InChI=1S/C24H50N4O4.C6H8O7/c1-9-25(10-2)21(26(11-3)12-4)19-31-23(29)17-18-24(30)32-20-22(27(13-5)14-6)28(15-7)16-8;7-3(8)1-6(13,5(11)12)2-4(9)10/h21-22H,9-20H2,1-8H3;13H,1-2H2,(H,7,8)(H,9,10)(H,11,12). The number of hydrogen-bond acceptors (Lipinski definition) is 12. The number of aliphatic carboxylic acids is 3. The first kappa shape index (κ1) is 44.3. The molecule has 0 aliphatic carbocycles. The summed E-state index contributed by atoms with van der Waals surface area (Å²) in [4.78, 5) is 64.2. The summed E-state index contributed by atoms with van der Waals surface area (Å²) in [7, 11) is 0. The second-order valence-corrected chi connectivity index (χ2v) is 10.2. The Morgan fingerprint density at radius 2 is 0.778 bits per heavy atom. The van der Waals surface area contributed by atoms with Crippen molar-refractivity contribution in [2.75, 3.05) is 65.6 Å². The van der Waals surface area contributed by atoms with Crippen LogP contribution in [0.1, 0.15) is 81.1 Å². The van der Waals surface area contributed by atoms with Crippen LogP contribution >= 0.6 is 0 Å². The van der Waals surface area contributed by atoms with Crippen molar-refractivity contribution in [2.24, 2.45) is 0 Å². The molecule has 0 unspecified atom stereocenters. The van der Waals surface area contributed by atoms with Crippen LogP contribution in [0.5, 0.6) is 0 Å². The summed E-state index contributed by atoms with van der Waals surface area (Å²) in [5.41, 5.74) is -2.74. The average Bonchev–Trinajstić information content (AvgIpc) is 2.98. The molecule has 0 aromatic heterocycles. The molecule has 0 fully saturated rings. The van der Waals surface area contributed by atoms with Gasteiger partial charge in [-0.3, -0.25) is 38.8 Å². The van der Waals surface area contributed by atoms with Crippen molar-refractivity contribution in [3.63, 3.8) is 0 Å². The van der Waals surface area contributed by atoms with E-state index >= 15 is 0 Å². The number of aliphatic hydroxyl groups is 1. The maximum atomic E-state index is 12.3. The van der Waals surface area contributed by atoms with Gasteiger partial charge in [0.25, 0.3) is 0 Å². The van der Waals surface area contributed by atoms with Crippen LogP contribution < -0.4 is 0 Å². The molecule has 0 radical (unpaired) electrons. The van der Waals surface area contributed by atoms with Crippen LogP contribution in [-0.2, 0) is 33.4 Å². The smallest absolute Gasteiger partial charge is 0.336 e. The molecular weight excluding hydrogens is 592 g/mol. The number of nitrogens with zero attached hydrogens (tertiary/aromatic N) is 4. The third kappa shape index (κ3) is 17.4. The predicted molar refractivity (Wildman–Crippen MR) is 168 cm³/mol. The lowest BCUT2D eigenvalue weighted by atomic mass is 9.96. The second kappa shape index (κ2) is 24.4. The molecule has 0 aliphatic heterocycles. The van der Waals surface area contributed by atoms with Gasteiger partial charge in [0.1, 0.15) is 13.2 Å². The van der Waals surface area contributed by atoms with Gasteiger partial charge in [0.15, 0.2) is 5.60 Å². The maximum absolute atomic E-state index is 12.3. The number of carbonyl (C=O) groups excluding carboxylic acids is 2. The highest BCUT2D eigenvalue weighted by molar-refractivity contribution is 5.88. The normalized spacial score (nSPS) is 11.7. The van der Waals surface area contributed by atoms with E-state index in [0.717, 1.165) is 52.4 Å². The summed E-state index contributed by atoms with van der Waals surface area (Å²) in [6.45, 7) is 24.6. The number of carbonyl (C=O) groups is 5. The first-order chi connectivity index (χ1) is 21.1. The van der Waals surface area contributed by atoms with Crippen molar-refractivity contribution in [3.05, 3.63) is 0 Å². The molecule has 0 aliphatic rings. The molecule has 0 rings (SSSR count). The number of rotatable bonds is 24. The molecule has 0 spiro atoms. The fourth-order valence-corrected chi connectivity index (χ4v) is 4.86. The van der Waals surface area contributed by atoms with Crippen LogP contribution in [0.3, 0.4) is 0 Å². The number of hydrogen-bond donors (Lipinski definition) is 4. The van der Waals surface area contributed by atoms with Gasteiger partial charge in [-0.2, -0.15) is 0 Å². The van der Waals surface area contributed by atoms with Crippen LogP contribution in [0, 0.1) is 0 Å². The molecule has 45 heavy (non-hydrogen) atoms. The van der Waals surface area contributed by atoms with Gasteiger partial charge in [-0.15, -0.1) is 0 Å². The van der Waals surface area contributed by atoms with E-state index in [9.17, 15) is 24.0 Å². The van der Waals surface area contributed by atoms with Crippen molar-refractivity contribution in [3.8, 4) is 0 Å². The first-order valence-electron chi connectivity index (χ1n) is 15.8. The molecule has 0 atom stereocenters. The van der Waals surface area contributed by atoms with Gasteiger partial charge in [0.05, 0.1) is 38.0 Å². The minimum absolute atomic E-state index is 0.0449. The van der Waals surface area contributed by atoms with Gasteiger partial charge in [0.2, 0.25) is 0 Å². The SMILES string of the molecule is CCN(CC)C(COC(=O)CCC(=O)OCC(N(CC)CC)N(CC)CC)N(CC)CC.O=C(O)CC(O)(CC(=O)O)C(=O)O. The number of carboxylic acids is 3. The summed E-state index contributed by atoms with van der Waals surface area (Å²) in [5.74, 6) is -5.72. The van der Waals surface area contributed by atoms with Crippen molar-refractivity contribution in [1.82, 2.24) is 19.6 Å². The minimum Gasteiger partial charge on any atom is -0.481 e. The molecule has 0 aromatic rings. The summed E-state index contributed by atoms with van der Waals surface area (Å²) < 4.78 is 11.1. The largest absolute Gasteiger partial charge is 0.481 e. The van der Waals surface area contributed by atoms with E-state index in [1.165, 1.54) is 0 Å². The predicted octanol–water partition coefficient (Wildman–Crippen LogP) is 1.62. The summed E-state index contributed by atoms with van der Waals surface area (Å²) in [6.07, 6.45) is -2.09. The molecule has 0 heterocycles. The van der Waals surface area contributed by atoms with Crippen molar-refractivity contribution < 1.29 is 53.9 Å². The zero-order valence-electron chi connectivity index (χ0n) is 28.5. The van der Waals surface area contributed by atoms with Crippen molar-refractivity contribution >= 4 is 29.8 Å². The minimum atomic E-state index is -2.74. The molecule has 264 valence electrons. The Kier molecular flexibility index (Phi) is 24.0. The average molecular weight is 651 g/mol. The Labute approximate surface area is 268 Å². The highest BCUT2D eigenvalue weighted by Gasteiger charge is 2.40. The van der Waals surface area contributed by atoms with Gasteiger partial charge >= 0.3 is 29.8 Å². The van der Waals surface area contributed by atoms with E-state index < -0.39 is 36.4 Å². The molecule has 4 N–H and O–H groups in total. The van der Waals surface area contributed by atoms with Crippen molar-refractivity contribution in [2.45, 2.75) is 99.0 Å². The Morgan fingerprint density at radius 1 is 0.533 bits per heavy atom. The molecule has 0 saturated carbocycles. The highest BCUT2D eigenvalue weighted by atomic mass is 16.5. The van der Waals surface area contributed by atoms with Crippen LogP contribution in [0.2, 0.25) is 0 Å². The lowest BCUT2D eigenvalue weighted by molar-refractivity contribution is -0.170. The van der Waals surface area contributed by atoms with Gasteiger partial charge in [-0.05, 0) is 52.4 Å². The van der Waals surface area contributed by atoms with E-state index in [1.54, 1.807) is 0 Å². The number of carboxylic acid groups (broad SMARTS) is 3. The molecule has 0 bridgehead atoms. The Balaban J connectivity index is 0. The Bertz CT molecular complexity index is 790. The van der Waals surface area contributed by atoms with Gasteiger partial charge in [-0.25, -0.2) is 4.79 Å². The Hall–Kier alpha value is -2.85. The van der Waals surface area contributed by atoms with E-state index in [-0.39, 0.29) is 37.1 Å². The fourth-order valence-electron chi connectivity index (χ4n) is 4.86. The summed E-state index contributed by atoms with van der Waals surface area (Å²) >= 11 is 0. The van der Waals surface area contributed by atoms with E-state index in [4.69, 9.17) is 29.9 Å². The molecule has 0 saturated heterocycles. The second-order valence-electron chi connectivity index (χ2n) is 10.2. The summed E-state index contributed by atoms with van der Waals surface area (Å²) in [5, 5.41) is 33.8. The number of esters is 2. The zero-order chi connectivity index (χ0) is 35.2. The van der Waals surface area contributed by atoms with Crippen LogP contribution in [-0.4, -0.2) is 153 Å². The third-order valence-corrected chi connectivity index (χ3v) is 7.54. The third-order valence-electron chi connectivity index (χ3n) is 7.54. The molecule has 0 amide bonds. The maximum Gasteiger partial charge on any atom is 0.336 e. The van der Waals surface area contributed by atoms with E-state index in [1.807, 2.05) is 0 Å².